The van der Waals surface area contributed by atoms with Gasteiger partial charge >= 0.3 is 12.1 Å². The Morgan fingerprint density at radius 3 is 1.44 bits per heavy atom. The molecule has 0 saturated heterocycles. The third-order valence-corrected chi connectivity index (χ3v) is 19.5. The number of ether oxygens (including phenoxy) is 6. The summed E-state index contributed by atoms with van der Waals surface area (Å²) in [4.78, 5) is 108. The van der Waals surface area contributed by atoms with Crippen molar-refractivity contribution in [3.8, 4) is 45.0 Å². The molecular weight excluding hydrogens is 1450 g/mol. The molecule has 0 spiro atoms. The van der Waals surface area contributed by atoms with Gasteiger partial charge in [-0.25, -0.2) is 14.2 Å². The van der Waals surface area contributed by atoms with Gasteiger partial charge in [0, 0.05) is 150 Å². The third kappa shape index (κ3) is 30.0. The van der Waals surface area contributed by atoms with Crippen LogP contribution in [-0.4, -0.2) is 176 Å². The van der Waals surface area contributed by atoms with E-state index < -0.39 is 11.5 Å². The van der Waals surface area contributed by atoms with E-state index in [-0.39, 0.29) is 116 Å². The lowest BCUT2D eigenvalue weighted by Crippen LogP contribution is -2.50. The number of carbonyl (C=O) groups excluding carboxylic acids is 8. The maximum atomic E-state index is 13.9. The number of nitrogens with one attached hydrogen (secondary N) is 4. The van der Waals surface area contributed by atoms with E-state index in [2.05, 4.69) is 83.4 Å². The van der Waals surface area contributed by atoms with Crippen molar-refractivity contribution in [1.82, 2.24) is 51.3 Å². The molecule has 4 aromatic carbocycles. The third-order valence-electron chi connectivity index (χ3n) is 19.5. The Bertz CT molecular complexity index is 4070. The number of nitrogens with zero attached hydrogens (tertiary/aromatic N) is 8. The Morgan fingerprint density at radius 1 is 0.439 bits per heavy atom. The molecule has 0 aliphatic carbocycles. The van der Waals surface area contributed by atoms with E-state index in [1.54, 1.807) is 33.4 Å². The first-order valence-electron chi connectivity index (χ1n) is 40.8. The number of unbranched alkanes of at least 4 members (excludes halogenated alkanes) is 3. The number of benzene rings is 4. The maximum Gasteiger partial charge on any atom is 0.407 e. The highest BCUT2D eigenvalue weighted by molar-refractivity contribution is 6.02. The second-order valence-corrected chi connectivity index (χ2v) is 33.7. The first-order valence-corrected chi connectivity index (χ1v) is 40.8. The number of para-hydroxylation sites is 2. The average molecular weight is 1580 g/mol. The molecule has 2 aliphatic heterocycles. The van der Waals surface area contributed by atoms with Crippen LogP contribution in [-0.2, 0) is 88.2 Å². The molecule has 114 heavy (non-hydrogen) atoms. The lowest BCUT2D eigenvalue weighted by molar-refractivity contribution is -0.144. The molecule has 8 rings (SSSR count). The second-order valence-electron chi connectivity index (χ2n) is 33.7. The van der Waals surface area contributed by atoms with Crippen molar-refractivity contribution in [2.75, 3.05) is 96.5 Å². The lowest BCUT2D eigenvalue weighted by atomic mass is 9.74. The van der Waals surface area contributed by atoms with Gasteiger partial charge in [0.15, 0.2) is 5.78 Å². The number of ketones is 2. The summed E-state index contributed by atoms with van der Waals surface area (Å²) >= 11 is 0. The number of hydrogen-bond donors (Lipinski definition) is 4. The van der Waals surface area contributed by atoms with Gasteiger partial charge < -0.3 is 59.5 Å². The van der Waals surface area contributed by atoms with Crippen LogP contribution in [0.15, 0.2) is 97.1 Å². The van der Waals surface area contributed by atoms with Crippen LogP contribution in [0.3, 0.4) is 0 Å². The quantitative estimate of drug-likeness (QED) is 0.0204. The average Bonchev–Trinajstić information content (AvgIpc) is 1.51. The van der Waals surface area contributed by atoms with Gasteiger partial charge in [-0.2, -0.15) is 0 Å². The monoisotopic (exact) mass is 1580 g/mol. The van der Waals surface area contributed by atoms with Crippen LogP contribution in [0.25, 0.3) is 45.0 Å². The number of Topliss-reactive ketones (excluding diaryl/α,β-unsaturated/α-hetero) is 2. The number of hydrogen-bond acceptors (Lipinski definition) is 19. The molecule has 0 bridgehead atoms. The van der Waals surface area contributed by atoms with Gasteiger partial charge in [0.25, 0.3) is 0 Å². The number of carbonyl (C=O) groups is 8. The largest absolute Gasteiger partial charge is 0.464 e. The molecule has 26 nitrogen and oxygen atoms in total. The number of alkyl carbamates (subject to hydrolysis) is 1. The fraction of sp³-hybridized carbons (Fsp3) is 0.591. The minimum atomic E-state index is -0.521. The lowest BCUT2D eigenvalue weighted by Gasteiger charge is -2.31. The predicted octanol–water partition coefficient (Wildman–Crippen LogP) is 14.0. The molecule has 2 atom stereocenters. The van der Waals surface area contributed by atoms with E-state index in [0.717, 1.165) is 89.7 Å². The fourth-order valence-electron chi connectivity index (χ4n) is 14.0. The van der Waals surface area contributed by atoms with Crippen molar-refractivity contribution < 1.29 is 66.8 Å². The van der Waals surface area contributed by atoms with Gasteiger partial charge in [-0.3, -0.25) is 33.6 Å². The molecule has 0 radical (unpaired) electrons. The number of esters is 1. The number of methoxy groups -OCH3 is 2. The standard InChI is InChI=1S/C45H65N5O7.C43H63N7O7/c1-44(2,3)31-33(43(54)45(4,5)6)17-9-8-10-23-40(53)57-30-26-50-42-36-20-13-14-21-37(36)49(32-34-18-11-12-19-35(34)41(42)47-48-50)39(52)24-25-46-38(51)22-15-28-56-29-16-27-55-7;1-42(2,3)40(53)34(46-43(4,5)6)19-12-13-23-45-41(54)57-29-25-50-39-32-17-9-8-16-31(32)30-49(35-20-11-10-18-33(35)38(39)47-48-50)37(52)22-24-44-36(51)21-14-27-56-28-15-26-55-7/h11-14,18-21,33H,8-10,15-17,22-32H2,1-7H3,(H,46,51);8-11,16-18,20,34,46H,12-15,19,21-30H2,1-7H3,(H,44,51)(H,45,54). The van der Waals surface area contributed by atoms with E-state index in [9.17, 15) is 38.4 Å². The minimum absolute atomic E-state index is 0.0203. The van der Waals surface area contributed by atoms with Crippen LogP contribution in [0.4, 0.5) is 16.2 Å². The van der Waals surface area contributed by atoms with E-state index in [4.69, 9.17) is 28.4 Å². The van der Waals surface area contributed by atoms with E-state index >= 15 is 0 Å². The van der Waals surface area contributed by atoms with Crippen molar-refractivity contribution in [3.63, 3.8) is 0 Å². The highest BCUT2D eigenvalue weighted by atomic mass is 16.5. The Balaban J connectivity index is 0.000000316. The fourth-order valence-corrected chi connectivity index (χ4v) is 14.0. The van der Waals surface area contributed by atoms with Crippen molar-refractivity contribution in [3.05, 3.63) is 108 Å². The summed E-state index contributed by atoms with van der Waals surface area (Å²) in [6, 6.07) is 30.7. The highest BCUT2D eigenvalue weighted by Gasteiger charge is 2.35. The number of fused-ring (bicyclic) bond motifs is 10. The van der Waals surface area contributed by atoms with Crippen LogP contribution in [0.2, 0.25) is 0 Å². The van der Waals surface area contributed by atoms with Crippen molar-refractivity contribution in [2.45, 2.75) is 230 Å². The number of anilines is 2. The first kappa shape index (κ1) is 92.1. The molecular formula is C88H128N12O14. The van der Waals surface area contributed by atoms with Gasteiger partial charge in [0.05, 0.1) is 55.0 Å². The summed E-state index contributed by atoms with van der Waals surface area (Å²) in [6.07, 6.45) is 9.82. The van der Waals surface area contributed by atoms with Crippen molar-refractivity contribution in [2.24, 2.45) is 22.2 Å². The van der Waals surface area contributed by atoms with Crippen LogP contribution >= 0.6 is 0 Å². The number of rotatable bonds is 43. The number of amides is 5. The first-order chi connectivity index (χ1) is 54.4. The van der Waals surface area contributed by atoms with Gasteiger partial charge in [0.2, 0.25) is 23.6 Å². The zero-order valence-corrected chi connectivity index (χ0v) is 70.3. The summed E-state index contributed by atoms with van der Waals surface area (Å²) in [5.74, 6) is -0.238. The molecule has 26 heteroatoms. The molecule has 0 saturated carbocycles. The van der Waals surface area contributed by atoms with E-state index in [1.165, 1.54) is 0 Å². The molecule has 2 aliphatic rings. The van der Waals surface area contributed by atoms with Gasteiger partial charge in [0.1, 0.15) is 30.4 Å². The van der Waals surface area contributed by atoms with E-state index in [1.807, 2.05) is 139 Å². The van der Waals surface area contributed by atoms with Gasteiger partial charge in [-0.15, -0.1) is 10.2 Å². The summed E-state index contributed by atoms with van der Waals surface area (Å²) < 4.78 is 35.8. The zero-order chi connectivity index (χ0) is 82.9. The molecule has 624 valence electrons. The minimum Gasteiger partial charge on any atom is -0.464 e. The van der Waals surface area contributed by atoms with Crippen molar-refractivity contribution >= 4 is 58.6 Å². The summed E-state index contributed by atoms with van der Waals surface area (Å²) in [7, 11) is 3.31. The van der Waals surface area contributed by atoms with Crippen LogP contribution < -0.4 is 31.1 Å². The van der Waals surface area contributed by atoms with Gasteiger partial charge in [-0.05, 0) is 114 Å². The normalized spacial score (nSPS) is 13.1. The summed E-state index contributed by atoms with van der Waals surface area (Å²) in [5, 5.41) is 30.2. The molecule has 2 aromatic heterocycles. The maximum absolute atomic E-state index is 13.9. The highest BCUT2D eigenvalue weighted by Crippen LogP contribution is 2.44. The number of aromatic nitrogens is 6. The van der Waals surface area contributed by atoms with Crippen LogP contribution in [0.1, 0.15) is 203 Å². The summed E-state index contributed by atoms with van der Waals surface area (Å²) in [6.45, 7) is 30.2. The Morgan fingerprint density at radius 2 is 0.904 bits per heavy atom. The SMILES string of the molecule is COCCCOCCCC(=O)NCCC(=O)N1Cc2ccccc2-c2c(nnn2CCOC(=O)NCCCCC(NC(C)(C)C)C(=O)C(C)(C)C)-c2ccccc21.COCCCOCCCC(=O)NCCC(=O)N1Cc2ccccc2-c2nnn(CCOC(=O)CCCCCC(CC(C)(C)C)C(=O)C(C)(C)C)c2-c2ccccc21. The van der Waals surface area contributed by atoms with Gasteiger partial charge in [-0.1, -0.05) is 171 Å². The Labute approximate surface area is 675 Å². The molecule has 2 unspecified atom stereocenters. The predicted molar refractivity (Wildman–Crippen MR) is 443 cm³/mol. The zero-order valence-electron chi connectivity index (χ0n) is 70.3. The van der Waals surface area contributed by atoms with E-state index in [0.29, 0.717) is 139 Å². The van der Waals surface area contributed by atoms with Crippen LogP contribution in [0, 0.1) is 22.2 Å². The Hall–Kier alpha value is -9.08. The summed E-state index contributed by atoms with van der Waals surface area (Å²) in [5.41, 5.74) is 8.39. The topological polar surface area (TPSA) is 308 Å². The molecule has 6 aromatic rings. The van der Waals surface area contributed by atoms with Crippen LogP contribution in [0.5, 0.6) is 0 Å². The molecule has 4 heterocycles. The Kier molecular flexibility index (Phi) is 37.1. The molecule has 4 N–H and O–H groups in total. The van der Waals surface area contributed by atoms with Crippen molar-refractivity contribution in [1.29, 1.82) is 0 Å². The molecule has 5 amide bonds. The molecule has 0 fully saturated rings. The second kappa shape index (κ2) is 45.9. The smallest absolute Gasteiger partial charge is 0.407 e.